The molecule has 0 bridgehead atoms. The van der Waals surface area contributed by atoms with Crippen LogP contribution in [0.3, 0.4) is 0 Å². The monoisotopic (exact) mass is 140 g/mol. The molecule has 0 aliphatic heterocycles. The lowest BCUT2D eigenvalue weighted by Gasteiger charge is -1.83. The molecule has 1 aromatic heterocycles. The van der Waals surface area contributed by atoms with Crippen LogP contribution >= 0.6 is 0 Å². The molecule has 0 radical (unpaired) electrons. The van der Waals surface area contributed by atoms with Gasteiger partial charge in [0.05, 0.1) is 11.1 Å². The highest BCUT2D eigenvalue weighted by Gasteiger charge is 2.10. The van der Waals surface area contributed by atoms with Crippen molar-refractivity contribution < 1.29 is 4.92 Å². The number of nitro groups is 1. The highest BCUT2D eigenvalue weighted by Crippen LogP contribution is 2.16. The zero-order valence-corrected chi connectivity index (χ0v) is 5.87. The molecule has 54 valence electrons. The summed E-state index contributed by atoms with van der Waals surface area (Å²) in [6.45, 7) is 1.72. The predicted octanol–water partition coefficient (Wildman–Crippen LogP) is 1.24. The molecule has 10 heavy (non-hydrogen) atoms. The van der Waals surface area contributed by atoms with Gasteiger partial charge in [0.2, 0.25) is 0 Å². The van der Waals surface area contributed by atoms with E-state index in [0.29, 0.717) is 5.56 Å². The first-order valence-corrected chi connectivity index (χ1v) is 2.88. The van der Waals surface area contributed by atoms with Crippen LogP contribution in [0.2, 0.25) is 0 Å². The normalized spacial score (nSPS) is 9.80. The summed E-state index contributed by atoms with van der Waals surface area (Å²) < 4.78 is 1.67. The Morgan fingerprint density at radius 3 is 2.40 bits per heavy atom. The third kappa shape index (κ3) is 1.00. The molecule has 1 heterocycles. The summed E-state index contributed by atoms with van der Waals surface area (Å²) in [7, 11) is 1.76. The topological polar surface area (TPSA) is 48.1 Å². The van der Waals surface area contributed by atoms with Crippen LogP contribution in [-0.2, 0) is 7.05 Å². The van der Waals surface area contributed by atoms with Gasteiger partial charge >= 0.3 is 0 Å². The van der Waals surface area contributed by atoms with E-state index >= 15 is 0 Å². The zero-order valence-electron chi connectivity index (χ0n) is 5.87. The molecule has 0 atom stereocenters. The molecule has 0 amide bonds. The van der Waals surface area contributed by atoms with Crippen molar-refractivity contribution in [3.05, 3.63) is 28.1 Å². The van der Waals surface area contributed by atoms with Gasteiger partial charge in [-0.1, -0.05) is 0 Å². The third-order valence-corrected chi connectivity index (χ3v) is 1.32. The van der Waals surface area contributed by atoms with E-state index in [0.717, 1.165) is 0 Å². The van der Waals surface area contributed by atoms with E-state index in [1.54, 1.807) is 24.7 Å². The molecule has 0 spiro atoms. The van der Waals surface area contributed by atoms with Gasteiger partial charge in [-0.05, 0) is 6.92 Å². The first-order valence-electron chi connectivity index (χ1n) is 2.88. The molecule has 0 aliphatic rings. The summed E-state index contributed by atoms with van der Waals surface area (Å²) in [5.74, 6) is 0. The van der Waals surface area contributed by atoms with E-state index < -0.39 is 0 Å². The SMILES string of the molecule is Cc1cn(C)cc1[N+](=O)[O-]. The molecule has 0 saturated carbocycles. The lowest BCUT2D eigenvalue weighted by atomic mass is 10.3. The highest BCUT2D eigenvalue weighted by atomic mass is 16.6. The molecule has 1 rings (SSSR count). The maximum absolute atomic E-state index is 10.2. The molecule has 0 N–H and O–H groups in total. The Labute approximate surface area is 58.2 Å². The number of hydrogen-bond acceptors (Lipinski definition) is 2. The first kappa shape index (κ1) is 6.80. The molecule has 1 aromatic rings. The van der Waals surface area contributed by atoms with Crippen molar-refractivity contribution in [1.82, 2.24) is 4.57 Å². The van der Waals surface area contributed by atoms with Crippen molar-refractivity contribution in [2.75, 3.05) is 0 Å². The Balaban J connectivity index is 3.15. The maximum atomic E-state index is 10.2. The molecule has 0 fully saturated rings. The zero-order chi connectivity index (χ0) is 7.72. The van der Waals surface area contributed by atoms with Crippen molar-refractivity contribution in [2.24, 2.45) is 7.05 Å². The minimum absolute atomic E-state index is 0.183. The molecular weight excluding hydrogens is 132 g/mol. The molecule has 0 saturated heterocycles. The van der Waals surface area contributed by atoms with Gasteiger partial charge in [-0.25, -0.2) is 0 Å². The van der Waals surface area contributed by atoms with E-state index in [1.165, 1.54) is 6.20 Å². The first-order chi connectivity index (χ1) is 4.61. The molecular formula is C6H8N2O2. The van der Waals surface area contributed by atoms with E-state index in [4.69, 9.17) is 0 Å². The van der Waals surface area contributed by atoms with E-state index in [1.807, 2.05) is 0 Å². The predicted molar refractivity (Wildman–Crippen MR) is 36.8 cm³/mol. The number of aromatic nitrogens is 1. The van der Waals surface area contributed by atoms with Gasteiger partial charge in [0.25, 0.3) is 5.69 Å². The van der Waals surface area contributed by atoms with E-state index in [-0.39, 0.29) is 10.6 Å². The molecule has 0 aromatic carbocycles. The van der Waals surface area contributed by atoms with E-state index in [9.17, 15) is 10.1 Å². The largest absolute Gasteiger partial charge is 0.351 e. The average molecular weight is 140 g/mol. The van der Waals surface area contributed by atoms with Crippen LogP contribution in [0.5, 0.6) is 0 Å². The smallest absolute Gasteiger partial charge is 0.289 e. The molecule has 0 unspecified atom stereocenters. The second-order valence-corrected chi connectivity index (χ2v) is 2.25. The fourth-order valence-electron chi connectivity index (χ4n) is 0.895. The summed E-state index contributed by atoms with van der Waals surface area (Å²) in [6.07, 6.45) is 3.22. The molecule has 0 aliphatic carbocycles. The number of aryl methyl sites for hydroxylation is 2. The van der Waals surface area contributed by atoms with Gasteiger partial charge < -0.3 is 4.57 Å². The van der Waals surface area contributed by atoms with Crippen molar-refractivity contribution >= 4 is 5.69 Å². The summed E-state index contributed by atoms with van der Waals surface area (Å²) in [5.41, 5.74) is 0.884. The van der Waals surface area contributed by atoms with Crippen LogP contribution in [0.4, 0.5) is 5.69 Å². The van der Waals surface area contributed by atoms with Crippen molar-refractivity contribution in [2.45, 2.75) is 6.92 Å². The summed E-state index contributed by atoms with van der Waals surface area (Å²) in [6, 6.07) is 0. The van der Waals surface area contributed by atoms with Gasteiger partial charge in [-0.15, -0.1) is 0 Å². The summed E-state index contributed by atoms with van der Waals surface area (Å²) in [4.78, 5) is 9.85. The average Bonchev–Trinajstić information content (AvgIpc) is 2.10. The standard InChI is InChI=1S/C6H8N2O2/c1-5-3-7(2)4-6(5)8(9)10/h3-4H,1-2H3. The highest BCUT2D eigenvalue weighted by molar-refractivity contribution is 5.36. The number of hydrogen-bond donors (Lipinski definition) is 0. The Morgan fingerprint density at radius 2 is 2.20 bits per heavy atom. The quantitative estimate of drug-likeness (QED) is 0.435. The maximum Gasteiger partial charge on any atom is 0.289 e. The van der Waals surface area contributed by atoms with Gasteiger partial charge in [0.15, 0.2) is 0 Å². The van der Waals surface area contributed by atoms with Crippen LogP contribution in [0.15, 0.2) is 12.4 Å². The fourth-order valence-corrected chi connectivity index (χ4v) is 0.895. The minimum Gasteiger partial charge on any atom is -0.351 e. The summed E-state index contributed by atoms with van der Waals surface area (Å²) >= 11 is 0. The second kappa shape index (κ2) is 2.13. The van der Waals surface area contributed by atoms with Crippen molar-refractivity contribution in [1.29, 1.82) is 0 Å². The Morgan fingerprint density at radius 1 is 1.60 bits per heavy atom. The van der Waals surface area contributed by atoms with Crippen LogP contribution in [0.25, 0.3) is 0 Å². The van der Waals surface area contributed by atoms with Gasteiger partial charge in [0, 0.05) is 18.8 Å². The Bertz CT molecular complexity index is 265. The second-order valence-electron chi connectivity index (χ2n) is 2.25. The van der Waals surface area contributed by atoms with Gasteiger partial charge in [-0.3, -0.25) is 10.1 Å². The molecule has 4 heteroatoms. The minimum atomic E-state index is -0.380. The molecule has 4 nitrogen and oxygen atoms in total. The van der Waals surface area contributed by atoms with Crippen LogP contribution in [0, 0.1) is 17.0 Å². The van der Waals surface area contributed by atoms with Crippen LogP contribution < -0.4 is 0 Å². The third-order valence-electron chi connectivity index (χ3n) is 1.32. The summed E-state index contributed by atoms with van der Waals surface area (Å²) in [5, 5.41) is 10.2. The Hall–Kier alpha value is -1.32. The van der Waals surface area contributed by atoms with Crippen molar-refractivity contribution in [3.8, 4) is 0 Å². The lowest BCUT2D eigenvalue weighted by Crippen LogP contribution is -1.86. The number of rotatable bonds is 1. The Kier molecular flexibility index (Phi) is 1.45. The van der Waals surface area contributed by atoms with Gasteiger partial charge in [0.1, 0.15) is 0 Å². The van der Waals surface area contributed by atoms with Gasteiger partial charge in [-0.2, -0.15) is 0 Å². The van der Waals surface area contributed by atoms with E-state index in [2.05, 4.69) is 0 Å². The van der Waals surface area contributed by atoms with Crippen molar-refractivity contribution in [3.63, 3.8) is 0 Å². The number of nitrogens with zero attached hydrogens (tertiary/aromatic N) is 2. The lowest BCUT2D eigenvalue weighted by molar-refractivity contribution is -0.385. The van der Waals surface area contributed by atoms with Crippen LogP contribution in [0.1, 0.15) is 5.56 Å². The van der Waals surface area contributed by atoms with Crippen LogP contribution in [-0.4, -0.2) is 9.49 Å². The fraction of sp³-hybridized carbons (Fsp3) is 0.333.